The average Bonchev–Trinajstić information content (AvgIpc) is 2.73. The first-order chi connectivity index (χ1) is 7.22. The summed E-state index contributed by atoms with van der Waals surface area (Å²) < 4.78 is 4.52. The first-order valence-electron chi connectivity index (χ1n) is 4.22. The number of aromatic nitrogens is 4. The van der Waals surface area contributed by atoms with Crippen LogP contribution in [0.1, 0.15) is 11.6 Å². The zero-order chi connectivity index (χ0) is 10.8. The number of nitrogens with two attached hydrogens (primary N) is 1. The van der Waals surface area contributed by atoms with E-state index < -0.39 is 12.0 Å². The van der Waals surface area contributed by atoms with Crippen LogP contribution in [0.5, 0.6) is 0 Å². The molecule has 0 aliphatic carbocycles. The molecule has 0 radical (unpaired) electrons. The lowest BCUT2D eigenvalue weighted by atomic mass is 10.1. The molecule has 0 spiro atoms. The minimum absolute atomic E-state index is 0.482. The van der Waals surface area contributed by atoms with E-state index in [0.29, 0.717) is 16.7 Å². The van der Waals surface area contributed by atoms with Crippen molar-refractivity contribution in [2.75, 3.05) is 7.11 Å². The molecule has 0 aromatic carbocycles. The highest BCUT2D eigenvalue weighted by Crippen LogP contribution is 2.14. The molecule has 0 fully saturated rings. The number of carbonyl (C=O) groups is 1. The van der Waals surface area contributed by atoms with E-state index in [1.807, 2.05) is 0 Å². The predicted molar refractivity (Wildman–Crippen MR) is 50.6 cm³/mol. The lowest BCUT2D eigenvalue weighted by Crippen LogP contribution is -2.22. The Kier molecular flexibility index (Phi) is 2.30. The number of H-pyrrole nitrogens is 1. The highest BCUT2D eigenvalue weighted by atomic mass is 16.5. The molecule has 15 heavy (non-hydrogen) atoms. The van der Waals surface area contributed by atoms with Gasteiger partial charge in [0.2, 0.25) is 5.65 Å². The second-order valence-corrected chi connectivity index (χ2v) is 2.94. The smallest absolute Gasteiger partial charge is 0.327 e. The van der Waals surface area contributed by atoms with E-state index >= 15 is 0 Å². The Morgan fingerprint density at radius 1 is 1.60 bits per heavy atom. The van der Waals surface area contributed by atoms with E-state index in [2.05, 4.69) is 25.1 Å². The lowest BCUT2D eigenvalue weighted by molar-refractivity contribution is -0.142. The molecule has 2 aromatic heterocycles. The fourth-order valence-electron chi connectivity index (χ4n) is 1.19. The molecule has 0 saturated carbocycles. The summed E-state index contributed by atoms with van der Waals surface area (Å²) in [5, 5.41) is 10.0. The molecule has 7 heteroatoms. The van der Waals surface area contributed by atoms with Gasteiger partial charge in [0.15, 0.2) is 0 Å². The van der Waals surface area contributed by atoms with Crippen molar-refractivity contribution < 1.29 is 9.53 Å². The monoisotopic (exact) mass is 207 g/mol. The standard InChI is InChI=1S/C8H9N5O2/c1-15-8(14)6(9)4-2-5-7(10-3-4)12-13-11-5/h2-3,6H,9H2,1H3,(H,10,11,12,13). The van der Waals surface area contributed by atoms with Crippen molar-refractivity contribution >= 4 is 17.1 Å². The van der Waals surface area contributed by atoms with Gasteiger partial charge in [-0.15, -0.1) is 5.10 Å². The van der Waals surface area contributed by atoms with E-state index in [0.717, 1.165) is 0 Å². The molecule has 0 aliphatic heterocycles. The van der Waals surface area contributed by atoms with E-state index in [-0.39, 0.29) is 0 Å². The van der Waals surface area contributed by atoms with Gasteiger partial charge in [0, 0.05) is 11.8 Å². The third-order valence-electron chi connectivity index (χ3n) is 2.01. The molecule has 3 N–H and O–H groups in total. The molecule has 0 saturated heterocycles. The van der Waals surface area contributed by atoms with Gasteiger partial charge < -0.3 is 10.5 Å². The number of esters is 1. The van der Waals surface area contributed by atoms with E-state index in [4.69, 9.17) is 5.73 Å². The van der Waals surface area contributed by atoms with Gasteiger partial charge in [0.1, 0.15) is 11.6 Å². The number of aromatic amines is 1. The van der Waals surface area contributed by atoms with Crippen LogP contribution >= 0.6 is 0 Å². The average molecular weight is 207 g/mol. The van der Waals surface area contributed by atoms with Crippen LogP contribution in [0.25, 0.3) is 11.2 Å². The Bertz CT molecular complexity index is 494. The fourth-order valence-corrected chi connectivity index (χ4v) is 1.19. The van der Waals surface area contributed by atoms with Gasteiger partial charge in [-0.25, -0.2) is 4.98 Å². The van der Waals surface area contributed by atoms with Crippen LogP contribution in [0.2, 0.25) is 0 Å². The molecular weight excluding hydrogens is 198 g/mol. The molecule has 2 aromatic rings. The van der Waals surface area contributed by atoms with E-state index in [1.165, 1.54) is 13.3 Å². The van der Waals surface area contributed by atoms with Crippen molar-refractivity contribution in [1.82, 2.24) is 20.4 Å². The number of pyridine rings is 1. The van der Waals surface area contributed by atoms with Crippen molar-refractivity contribution in [2.45, 2.75) is 6.04 Å². The second kappa shape index (κ2) is 3.62. The molecule has 2 rings (SSSR count). The Morgan fingerprint density at radius 2 is 2.40 bits per heavy atom. The number of carbonyl (C=O) groups excluding carboxylic acids is 1. The summed E-state index contributed by atoms with van der Waals surface area (Å²) in [6.45, 7) is 0. The molecule has 7 nitrogen and oxygen atoms in total. The Hall–Kier alpha value is -2.02. The number of hydrogen-bond acceptors (Lipinski definition) is 6. The third kappa shape index (κ3) is 1.64. The maximum absolute atomic E-state index is 11.2. The van der Waals surface area contributed by atoms with Crippen LogP contribution < -0.4 is 5.73 Å². The van der Waals surface area contributed by atoms with Crippen molar-refractivity contribution in [1.29, 1.82) is 0 Å². The van der Waals surface area contributed by atoms with Gasteiger partial charge in [-0.2, -0.15) is 10.3 Å². The van der Waals surface area contributed by atoms with Crippen LogP contribution in [0.3, 0.4) is 0 Å². The van der Waals surface area contributed by atoms with Gasteiger partial charge in [0.05, 0.1) is 7.11 Å². The predicted octanol–water partition coefficient (Wildman–Crippen LogP) is -0.474. The number of nitrogens with zero attached hydrogens (tertiary/aromatic N) is 3. The third-order valence-corrected chi connectivity index (χ3v) is 2.01. The number of ether oxygens (including phenoxy) is 1. The van der Waals surface area contributed by atoms with E-state index in [9.17, 15) is 4.79 Å². The van der Waals surface area contributed by atoms with Crippen LogP contribution in [0.4, 0.5) is 0 Å². The molecule has 2 heterocycles. The minimum atomic E-state index is -0.844. The maximum Gasteiger partial charge on any atom is 0.327 e. The molecule has 0 amide bonds. The topological polar surface area (TPSA) is 107 Å². The van der Waals surface area contributed by atoms with Crippen LogP contribution in [-0.2, 0) is 9.53 Å². The number of methoxy groups -OCH3 is 1. The first-order valence-corrected chi connectivity index (χ1v) is 4.22. The van der Waals surface area contributed by atoms with Gasteiger partial charge in [0.25, 0.3) is 0 Å². The Morgan fingerprint density at radius 3 is 3.13 bits per heavy atom. The quantitative estimate of drug-likeness (QED) is 0.644. The van der Waals surface area contributed by atoms with Crippen molar-refractivity contribution in [2.24, 2.45) is 5.73 Å². The maximum atomic E-state index is 11.2. The summed E-state index contributed by atoms with van der Waals surface area (Å²) in [4.78, 5) is 15.2. The molecular formula is C8H9N5O2. The van der Waals surface area contributed by atoms with Gasteiger partial charge in [-0.1, -0.05) is 0 Å². The number of nitrogens with one attached hydrogen (secondary N) is 1. The number of rotatable bonds is 2. The van der Waals surface area contributed by atoms with Gasteiger partial charge in [-0.05, 0) is 6.07 Å². The largest absolute Gasteiger partial charge is 0.468 e. The fraction of sp³-hybridized carbons (Fsp3) is 0.250. The summed E-state index contributed by atoms with van der Waals surface area (Å²) in [6.07, 6.45) is 1.48. The molecule has 0 bridgehead atoms. The number of hydrogen-bond donors (Lipinski definition) is 2. The van der Waals surface area contributed by atoms with Crippen molar-refractivity contribution in [3.05, 3.63) is 17.8 Å². The molecule has 78 valence electrons. The minimum Gasteiger partial charge on any atom is -0.468 e. The molecule has 0 aliphatic rings. The molecule has 1 atom stereocenters. The highest BCUT2D eigenvalue weighted by Gasteiger charge is 2.17. The Labute approximate surface area is 84.6 Å². The van der Waals surface area contributed by atoms with Crippen LogP contribution in [0.15, 0.2) is 12.3 Å². The summed E-state index contributed by atoms with van der Waals surface area (Å²) in [5.41, 5.74) is 7.22. The highest BCUT2D eigenvalue weighted by molar-refractivity contribution is 5.79. The van der Waals surface area contributed by atoms with Crippen LogP contribution in [-0.4, -0.2) is 33.5 Å². The number of fused-ring (bicyclic) bond motifs is 1. The SMILES string of the molecule is COC(=O)C(N)c1cnc2n[nH]nc2c1. The second-order valence-electron chi connectivity index (χ2n) is 2.94. The summed E-state index contributed by atoms with van der Waals surface area (Å²) >= 11 is 0. The van der Waals surface area contributed by atoms with Crippen molar-refractivity contribution in [3.8, 4) is 0 Å². The Balaban J connectivity index is 2.39. The lowest BCUT2D eigenvalue weighted by Gasteiger charge is -2.07. The van der Waals surface area contributed by atoms with E-state index in [1.54, 1.807) is 6.07 Å². The van der Waals surface area contributed by atoms with Crippen LogP contribution in [0, 0.1) is 0 Å². The molecule has 1 unspecified atom stereocenters. The summed E-state index contributed by atoms with van der Waals surface area (Å²) in [6, 6.07) is 0.802. The van der Waals surface area contributed by atoms with Crippen molar-refractivity contribution in [3.63, 3.8) is 0 Å². The van der Waals surface area contributed by atoms with Gasteiger partial charge >= 0.3 is 5.97 Å². The summed E-state index contributed by atoms with van der Waals surface area (Å²) in [5.74, 6) is -0.514. The zero-order valence-electron chi connectivity index (χ0n) is 7.97. The summed E-state index contributed by atoms with van der Waals surface area (Å²) in [7, 11) is 1.28. The van der Waals surface area contributed by atoms with Gasteiger partial charge in [-0.3, -0.25) is 4.79 Å². The normalized spacial score (nSPS) is 12.7. The first kappa shape index (κ1) is 9.53. The zero-order valence-corrected chi connectivity index (χ0v) is 7.97.